The molecule has 1 aliphatic rings. The number of benzene rings is 2. The van der Waals surface area contributed by atoms with Gasteiger partial charge in [-0.25, -0.2) is 4.39 Å². The van der Waals surface area contributed by atoms with Crippen LogP contribution in [0.25, 0.3) is 0 Å². The smallest absolute Gasteiger partial charge is 0.217 e. The van der Waals surface area contributed by atoms with Gasteiger partial charge in [0, 0.05) is 18.2 Å². The lowest BCUT2D eigenvalue weighted by molar-refractivity contribution is -0.118. The fourth-order valence-corrected chi connectivity index (χ4v) is 3.11. The van der Waals surface area contributed by atoms with Crippen LogP contribution >= 0.6 is 0 Å². The second kappa shape index (κ2) is 6.43. The third-order valence-electron chi connectivity index (χ3n) is 4.39. The van der Waals surface area contributed by atoms with Gasteiger partial charge >= 0.3 is 0 Å². The summed E-state index contributed by atoms with van der Waals surface area (Å²) in [6.07, 6.45) is 2.61. The highest BCUT2D eigenvalue weighted by molar-refractivity contribution is 5.81. The van der Waals surface area contributed by atoms with Crippen molar-refractivity contribution in [2.45, 2.75) is 18.4 Å². The average Bonchev–Trinajstić information content (AvgIpc) is 3.27. The second-order valence-corrected chi connectivity index (χ2v) is 6.01. The van der Waals surface area contributed by atoms with E-state index in [-0.39, 0.29) is 24.1 Å². The van der Waals surface area contributed by atoms with E-state index >= 15 is 0 Å². The second-order valence-electron chi connectivity index (χ2n) is 6.01. The van der Waals surface area contributed by atoms with Crippen molar-refractivity contribution in [1.82, 2.24) is 0 Å². The summed E-state index contributed by atoms with van der Waals surface area (Å²) in [6, 6.07) is 14.0. The van der Waals surface area contributed by atoms with E-state index in [1.165, 1.54) is 19.2 Å². The van der Waals surface area contributed by atoms with Crippen LogP contribution in [0, 0.1) is 11.7 Å². The fraction of sp³-hybridized carbons (Fsp3) is 0.263. The lowest BCUT2D eigenvalue weighted by Gasteiger charge is -2.17. The third-order valence-corrected chi connectivity index (χ3v) is 4.39. The summed E-state index contributed by atoms with van der Waals surface area (Å²) in [6.45, 7) is 0. The Balaban J connectivity index is 2.00. The molecule has 0 bridgehead atoms. The Hall–Kier alpha value is -2.69. The van der Waals surface area contributed by atoms with Crippen molar-refractivity contribution in [3.63, 3.8) is 0 Å². The molecule has 4 nitrogen and oxygen atoms in total. The van der Waals surface area contributed by atoms with Crippen LogP contribution in [0.1, 0.15) is 24.0 Å². The molecule has 2 atom stereocenters. The predicted molar refractivity (Wildman–Crippen MR) is 90.6 cm³/mol. The number of methoxy groups -OCH3 is 1. The molecule has 0 aliphatic heterocycles. The fourth-order valence-electron chi connectivity index (χ4n) is 3.11. The minimum atomic E-state index is -0.668. The van der Waals surface area contributed by atoms with Crippen LogP contribution in [-0.4, -0.2) is 19.2 Å². The number of ether oxygens (including phenoxy) is 1. The van der Waals surface area contributed by atoms with Crippen molar-refractivity contribution in [3.8, 4) is 5.75 Å². The van der Waals surface area contributed by atoms with Crippen LogP contribution in [0.4, 0.5) is 4.39 Å². The van der Waals surface area contributed by atoms with Crippen molar-refractivity contribution in [1.29, 1.82) is 0 Å². The third kappa shape index (κ3) is 3.15. The molecule has 0 aromatic heterocycles. The summed E-state index contributed by atoms with van der Waals surface area (Å²) in [4.78, 5) is 16.0. The summed E-state index contributed by atoms with van der Waals surface area (Å²) < 4.78 is 19.2. The SMILES string of the molecule is COc1ccc(F)cc1[C@@]1(/N=C/c2ccccc2)C[C@@H]1CC(N)=O. The van der Waals surface area contributed by atoms with Crippen molar-refractivity contribution in [3.05, 3.63) is 65.5 Å². The average molecular weight is 326 g/mol. The highest BCUT2D eigenvalue weighted by Crippen LogP contribution is 2.59. The molecule has 1 fully saturated rings. The zero-order valence-corrected chi connectivity index (χ0v) is 13.4. The van der Waals surface area contributed by atoms with Gasteiger partial charge < -0.3 is 10.5 Å². The first-order valence-electron chi connectivity index (χ1n) is 7.78. The first kappa shape index (κ1) is 16.2. The van der Waals surface area contributed by atoms with E-state index in [1.807, 2.05) is 30.3 Å². The molecule has 0 saturated heterocycles. The molecule has 1 amide bonds. The Morgan fingerprint density at radius 1 is 1.38 bits per heavy atom. The number of carbonyl (C=O) groups is 1. The highest BCUT2D eigenvalue weighted by Gasteiger charge is 2.57. The molecule has 2 aromatic carbocycles. The van der Waals surface area contributed by atoms with Gasteiger partial charge in [0.05, 0.1) is 12.6 Å². The van der Waals surface area contributed by atoms with Gasteiger partial charge in [0.2, 0.25) is 5.91 Å². The van der Waals surface area contributed by atoms with Crippen LogP contribution < -0.4 is 10.5 Å². The van der Waals surface area contributed by atoms with Gasteiger partial charge in [-0.05, 0) is 36.1 Å². The van der Waals surface area contributed by atoms with E-state index in [0.29, 0.717) is 17.7 Å². The maximum Gasteiger partial charge on any atom is 0.217 e. The molecule has 1 saturated carbocycles. The quantitative estimate of drug-likeness (QED) is 0.829. The molecule has 0 unspecified atom stereocenters. The Bertz CT molecular complexity index is 776. The summed E-state index contributed by atoms with van der Waals surface area (Å²) in [5, 5.41) is 0. The van der Waals surface area contributed by atoms with Crippen LogP contribution in [-0.2, 0) is 10.3 Å². The van der Waals surface area contributed by atoms with Crippen molar-refractivity contribution < 1.29 is 13.9 Å². The first-order valence-corrected chi connectivity index (χ1v) is 7.78. The minimum absolute atomic E-state index is 0.0503. The normalized spacial score (nSPS) is 22.5. The lowest BCUT2D eigenvalue weighted by Crippen LogP contribution is -2.16. The molecule has 3 rings (SSSR count). The van der Waals surface area contributed by atoms with E-state index in [2.05, 4.69) is 0 Å². The van der Waals surface area contributed by atoms with E-state index < -0.39 is 5.54 Å². The molecular formula is C19H19FN2O2. The van der Waals surface area contributed by atoms with Crippen molar-refractivity contribution in [2.75, 3.05) is 7.11 Å². The van der Waals surface area contributed by atoms with Crippen molar-refractivity contribution in [2.24, 2.45) is 16.6 Å². The largest absolute Gasteiger partial charge is 0.496 e. The van der Waals surface area contributed by atoms with Gasteiger partial charge in [0.15, 0.2) is 0 Å². The predicted octanol–water partition coefficient (Wildman–Crippen LogP) is 3.04. The van der Waals surface area contributed by atoms with Gasteiger partial charge in [-0.2, -0.15) is 0 Å². The summed E-state index contributed by atoms with van der Waals surface area (Å²) in [5.74, 6) is -0.226. The van der Waals surface area contributed by atoms with E-state index in [9.17, 15) is 9.18 Å². The van der Waals surface area contributed by atoms with Gasteiger partial charge in [-0.3, -0.25) is 9.79 Å². The van der Waals surface area contributed by atoms with Gasteiger partial charge in [-0.1, -0.05) is 30.3 Å². The van der Waals surface area contributed by atoms with E-state index in [1.54, 1.807) is 12.3 Å². The van der Waals surface area contributed by atoms with E-state index in [0.717, 1.165) is 5.56 Å². The Labute approximate surface area is 140 Å². The van der Waals surface area contributed by atoms with E-state index in [4.69, 9.17) is 15.5 Å². The topological polar surface area (TPSA) is 64.7 Å². The summed E-state index contributed by atoms with van der Waals surface area (Å²) >= 11 is 0. The molecule has 0 radical (unpaired) electrons. The Kier molecular flexibility index (Phi) is 4.34. The number of nitrogens with two attached hydrogens (primary N) is 1. The van der Waals surface area contributed by atoms with Gasteiger partial charge in [-0.15, -0.1) is 0 Å². The first-order chi connectivity index (χ1) is 11.5. The van der Waals surface area contributed by atoms with Gasteiger partial charge in [0.1, 0.15) is 11.6 Å². The van der Waals surface area contributed by atoms with Gasteiger partial charge in [0.25, 0.3) is 0 Å². The molecule has 1 aliphatic carbocycles. The molecular weight excluding hydrogens is 307 g/mol. The Morgan fingerprint density at radius 2 is 2.12 bits per heavy atom. The van der Waals surface area contributed by atoms with Crippen LogP contribution in [0.5, 0.6) is 5.75 Å². The molecule has 0 spiro atoms. The molecule has 124 valence electrons. The molecule has 5 heteroatoms. The maximum atomic E-state index is 13.8. The number of nitrogens with zero attached hydrogens (tertiary/aromatic N) is 1. The Morgan fingerprint density at radius 3 is 2.79 bits per heavy atom. The number of primary amides is 1. The molecule has 2 N–H and O–H groups in total. The van der Waals surface area contributed by atoms with Crippen LogP contribution in [0.2, 0.25) is 0 Å². The number of aliphatic imine (C=N–C) groups is 1. The van der Waals surface area contributed by atoms with Crippen LogP contribution in [0.3, 0.4) is 0 Å². The maximum absolute atomic E-state index is 13.8. The zero-order chi connectivity index (χ0) is 17.2. The number of hydrogen-bond acceptors (Lipinski definition) is 3. The number of rotatable bonds is 6. The number of hydrogen-bond donors (Lipinski definition) is 1. The molecule has 24 heavy (non-hydrogen) atoms. The monoisotopic (exact) mass is 326 g/mol. The highest BCUT2D eigenvalue weighted by atomic mass is 19.1. The summed E-state index contributed by atoms with van der Waals surface area (Å²) in [7, 11) is 1.54. The number of halogens is 1. The lowest BCUT2D eigenvalue weighted by atomic mass is 9.99. The van der Waals surface area contributed by atoms with Crippen LogP contribution in [0.15, 0.2) is 53.5 Å². The standard InChI is InChI=1S/C19H19FN2O2/c1-24-17-8-7-15(20)10-16(17)19(11-14(19)9-18(21)23)22-12-13-5-3-2-4-6-13/h2-8,10,12,14H,9,11H2,1H3,(H2,21,23)/b22-12+/t14-,19+/m0/s1. The minimum Gasteiger partial charge on any atom is -0.496 e. The number of amides is 1. The number of carbonyl (C=O) groups excluding carboxylic acids is 1. The summed E-state index contributed by atoms with van der Waals surface area (Å²) in [5.41, 5.74) is 6.27. The zero-order valence-electron chi connectivity index (χ0n) is 13.4. The van der Waals surface area contributed by atoms with Crippen molar-refractivity contribution >= 4 is 12.1 Å². The molecule has 0 heterocycles. The molecule has 2 aromatic rings.